The maximum atomic E-state index is 12.0. The van der Waals surface area contributed by atoms with Gasteiger partial charge in [0.05, 0.1) is 12.8 Å². The molecule has 0 atom stereocenters. The molecule has 2 heterocycles. The van der Waals surface area contributed by atoms with Crippen molar-refractivity contribution in [2.75, 3.05) is 26.1 Å². The number of thiophene rings is 1. The molecular formula is C15H20N4O4S. The number of hydrogen-bond acceptors (Lipinski definition) is 6. The molecule has 0 bridgehead atoms. The fourth-order valence-electron chi connectivity index (χ4n) is 2.17. The summed E-state index contributed by atoms with van der Waals surface area (Å²) in [5.74, 6) is 0.335. The Labute approximate surface area is 143 Å². The molecule has 2 N–H and O–H groups in total. The molecule has 0 fully saturated rings. The van der Waals surface area contributed by atoms with E-state index in [0.29, 0.717) is 30.3 Å². The van der Waals surface area contributed by atoms with Crippen LogP contribution in [0.4, 0.5) is 10.5 Å². The van der Waals surface area contributed by atoms with Crippen molar-refractivity contribution >= 4 is 29.0 Å². The number of rotatable bonds is 7. The molecule has 0 saturated heterocycles. The summed E-state index contributed by atoms with van der Waals surface area (Å²) in [4.78, 5) is 28.2. The monoisotopic (exact) mass is 352 g/mol. The number of nitrogens with one attached hydrogen (secondary N) is 2. The smallest absolute Gasteiger partial charge is 0.350 e. The molecule has 0 aliphatic rings. The number of hydrogen-bond donors (Lipinski definition) is 2. The lowest BCUT2D eigenvalue weighted by atomic mass is 10.4. The molecule has 0 aromatic carbocycles. The van der Waals surface area contributed by atoms with E-state index in [1.807, 2.05) is 11.5 Å². The Bertz CT molecular complexity index is 710. The number of ether oxygens (including phenoxy) is 2. The lowest BCUT2D eigenvalue weighted by Crippen LogP contribution is -2.32. The maximum Gasteiger partial charge on any atom is 0.350 e. The average molecular weight is 352 g/mol. The van der Waals surface area contributed by atoms with Crippen LogP contribution >= 0.6 is 11.3 Å². The number of imidazole rings is 1. The summed E-state index contributed by atoms with van der Waals surface area (Å²) in [5, 5.41) is 7.12. The van der Waals surface area contributed by atoms with Crippen LogP contribution in [0.1, 0.15) is 21.2 Å². The molecular weight excluding hydrogens is 332 g/mol. The molecule has 0 spiro atoms. The number of anilines is 1. The minimum absolute atomic E-state index is 0.362. The van der Waals surface area contributed by atoms with Crippen LogP contribution in [0.2, 0.25) is 0 Å². The van der Waals surface area contributed by atoms with Crippen molar-refractivity contribution in [1.82, 2.24) is 14.9 Å². The van der Waals surface area contributed by atoms with E-state index in [1.165, 1.54) is 18.4 Å². The van der Waals surface area contributed by atoms with Gasteiger partial charge in [-0.05, 0) is 18.4 Å². The molecule has 130 valence electrons. The number of aryl methyl sites for hydroxylation is 1. The van der Waals surface area contributed by atoms with Gasteiger partial charge in [-0.15, -0.1) is 11.3 Å². The van der Waals surface area contributed by atoms with Crippen molar-refractivity contribution in [3.8, 4) is 0 Å². The molecule has 0 saturated carbocycles. The van der Waals surface area contributed by atoms with Crippen LogP contribution in [0, 0.1) is 6.92 Å². The van der Waals surface area contributed by atoms with Crippen LogP contribution in [0.3, 0.4) is 0 Å². The standard InChI is InChI=1S/C15H20N4O4S/c1-10-8-17-12(9-22-2)19(10)6-5-16-15(21)18-11-4-7-24-13(11)14(20)23-3/h4,7-8H,5-6,9H2,1-3H3,(H2,16,18,21). The zero-order valence-electron chi connectivity index (χ0n) is 13.8. The van der Waals surface area contributed by atoms with E-state index in [0.717, 1.165) is 11.5 Å². The Morgan fingerprint density at radius 3 is 2.88 bits per heavy atom. The number of carbonyl (C=O) groups excluding carboxylic acids is 2. The molecule has 2 aromatic rings. The fraction of sp³-hybridized carbons (Fsp3) is 0.400. The second kappa shape index (κ2) is 8.46. The van der Waals surface area contributed by atoms with E-state index < -0.39 is 5.97 Å². The Morgan fingerprint density at radius 2 is 2.17 bits per heavy atom. The fourth-order valence-corrected chi connectivity index (χ4v) is 2.93. The normalized spacial score (nSPS) is 10.5. The van der Waals surface area contributed by atoms with Crippen molar-refractivity contribution in [1.29, 1.82) is 0 Å². The Morgan fingerprint density at radius 1 is 1.38 bits per heavy atom. The predicted molar refractivity (Wildman–Crippen MR) is 90.4 cm³/mol. The maximum absolute atomic E-state index is 12.0. The highest BCUT2D eigenvalue weighted by Gasteiger charge is 2.15. The molecule has 0 aliphatic carbocycles. The van der Waals surface area contributed by atoms with Crippen LogP contribution < -0.4 is 10.6 Å². The van der Waals surface area contributed by atoms with Gasteiger partial charge >= 0.3 is 12.0 Å². The highest BCUT2D eigenvalue weighted by molar-refractivity contribution is 7.12. The van der Waals surface area contributed by atoms with Crippen molar-refractivity contribution in [3.05, 3.63) is 34.0 Å². The third-order valence-electron chi connectivity index (χ3n) is 3.32. The van der Waals surface area contributed by atoms with Gasteiger partial charge in [-0.25, -0.2) is 14.6 Å². The predicted octanol–water partition coefficient (Wildman–Crippen LogP) is 2.01. The van der Waals surface area contributed by atoms with Crippen molar-refractivity contribution in [2.45, 2.75) is 20.1 Å². The summed E-state index contributed by atoms with van der Waals surface area (Å²) < 4.78 is 11.8. The van der Waals surface area contributed by atoms with Crippen LogP contribution in [0.15, 0.2) is 17.6 Å². The molecule has 9 heteroatoms. The molecule has 0 radical (unpaired) electrons. The minimum Gasteiger partial charge on any atom is -0.465 e. The molecule has 2 amide bonds. The van der Waals surface area contributed by atoms with Gasteiger partial charge in [0.1, 0.15) is 17.3 Å². The zero-order valence-corrected chi connectivity index (χ0v) is 14.6. The van der Waals surface area contributed by atoms with Crippen LogP contribution in [0.5, 0.6) is 0 Å². The topological polar surface area (TPSA) is 94.5 Å². The van der Waals surface area contributed by atoms with Crippen LogP contribution in [0.25, 0.3) is 0 Å². The molecule has 2 aromatic heterocycles. The Balaban J connectivity index is 1.87. The highest BCUT2D eigenvalue weighted by Crippen LogP contribution is 2.22. The lowest BCUT2D eigenvalue weighted by molar-refractivity contribution is 0.0607. The summed E-state index contributed by atoms with van der Waals surface area (Å²) in [6.45, 7) is 3.35. The largest absolute Gasteiger partial charge is 0.465 e. The van der Waals surface area contributed by atoms with E-state index in [9.17, 15) is 9.59 Å². The van der Waals surface area contributed by atoms with Gasteiger partial charge in [0.15, 0.2) is 0 Å². The molecule has 0 aliphatic heterocycles. The van der Waals surface area contributed by atoms with Crippen LogP contribution in [-0.4, -0.2) is 42.3 Å². The van der Waals surface area contributed by atoms with E-state index in [4.69, 9.17) is 4.74 Å². The van der Waals surface area contributed by atoms with Crippen molar-refractivity contribution in [2.24, 2.45) is 0 Å². The molecule has 8 nitrogen and oxygen atoms in total. The first-order chi connectivity index (χ1) is 11.6. The van der Waals surface area contributed by atoms with Gasteiger partial charge in [0.25, 0.3) is 0 Å². The molecule has 24 heavy (non-hydrogen) atoms. The zero-order chi connectivity index (χ0) is 17.5. The molecule has 0 unspecified atom stereocenters. The minimum atomic E-state index is -0.474. The van der Waals surface area contributed by atoms with Gasteiger partial charge in [-0.2, -0.15) is 0 Å². The SMILES string of the molecule is COCc1ncc(C)n1CCNC(=O)Nc1ccsc1C(=O)OC. The number of urea groups is 1. The first-order valence-electron chi connectivity index (χ1n) is 7.27. The number of methoxy groups -OCH3 is 2. The Kier molecular flexibility index (Phi) is 6.33. The Hall–Kier alpha value is -2.39. The van der Waals surface area contributed by atoms with Gasteiger partial charge < -0.3 is 24.7 Å². The highest BCUT2D eigenvalue weighted by atomic mass is 32.1. The van der Waals surface area contributed by atoms with Gasteiger partial charge in [0.2, 0.25) is 0 Å². The van der Waals surface area contributed by atoms with Gasteiger partial charge in [0, 0.05) is 32.1 Å². The first-order valence-corrected chi connectivity index (χ1v) is 8.15. The number of amides is 2. The number of esters is 1. The third kappa shape index (κ3) is 4.33. The van der Waals surface area contributed by atoms with E-state index >= 15 is 0 Å². The van der Waals surface area contributed by atoms with E-state index in [2.05, 4.69) is 20.4 Å². The summed E-state index contributed by atoms with van der Waals surface area (Å²) in [5.41, 5.74) is 1.43. The van der Waals surface area contributed by atoms with E-state index in [1.54, 1.807) is 24.8 Å². The second-order valence-corrected chi connectivity index (χ2v) is 5.85. The lowest BCUT2D eigenvalue weighted by Gasteiger charge is -2.11. The van der Waals surface area contributed by atoms with Crippen molar-refractivity contribution < 1.29 is 19.1 Å². The first kappa shape index (κ1) is 18.0. The van der Waals surface area contributed by atoms with Gasteiger partial charge in [-0.3, -0.25) is 0 Å². The summed E-state index contributed by atoms with van der Waals surface area (Å²) in [6, 6.07) is 1.28. The summed E-state index contributed by atoms with van der Waals surface area (Å²) in [7, 11) is 2.91. The third-order valence-corrected chi connectivity index (χ3v) is 4.21. The van der Waals surface area contributed by atoms with E-state index in [-0.39, 0.29) is 6.03 Å². The van der Waals surface area contributed by atoms with Crippen LogP contribution in [-0.2, 0) is 22.6 Å². The van der Waals surface area contributed by atoms with Gasteiger partial charge in [-0.1, -0.05) is 0 Å². The van der Waals surface area contributed by atoms with Crippen molar-refractivity contribution in [3.63, 3.8) is 0 Å². The number of aromatic nitrogens is 2. The number of nitrogens with zero attached hydrogens (tertiary/aromatic N) is 2. The summed E-state index contributed by atoms with van der Waals surface area (Å²) >= 11 is 1.21. The number of carbonyl (C=O) groups is 2. The average Bonchev–Trinajstić information content (AvgIpc) is 3.15. The second-order valence-electron chi connectivity index (χ2n) is 4.94. The molecule has 2 rings (SSSR count). The summed E-state index contributed by atoms with van der Waals surface area (Å²) in [6.07, 6.45) is 1.77. The quantitative estimate of drug-likeness (QED) is 0.743.